The Kier molecular flexibility index (Phi) is 4.25. The lowest BCUT2D eigenvalue weighted by atomic mass is 9.72. The Morgan fingerprint density at radius 2 is 1.94 bits per heavy atom. The lowest BCUT2D eigenvalue weighted by Crippen LogP contribution is -2.36. The number of anilines is 1. The minimum Gasteiger partial charge on any atom is -0.330 e. The third-order valence-electron chi connectivity index (χ3n) is 3.70. The lowest BCUT2D eigenvalue weighted by molar-refractivity contribution is -0.118. The zero-order chi connectivity index (χ0) is 12.8. The lowest BCUT2D eigenvalue weighted by Gasteiger charge is -2.35. The van der Waals surface area contributed by atoms with Gasteiger partial charge in [-0.3, -0.25) is 10.1 Å². The van der Waals surface area contributed by atoms with Crippen molar-refractivity contribution in [3.05, 3.63) is 18.5 Å². The predicted octanol–water partition coefficient (Wildman–Crippen LogP) is 1.71. The molecule has 1 aromatic heterocycles. The van der Waals surface area contributed by atoms with E-state index in [2.05, 4.69) is 15.3 Å². The van der Waals surface area contributed by atoms with Crippen molar-refractivity contribution in [3.8, 4) is 0 Å². The number of hydrogen-bond donors (Lipinski definition) is 2. The molecule has 0 spiro atoms. The van der Waals surface area contributed by atoms with Gasteiger partial charge < -0.3 is 5.73 Å². The molecule has 2 rings (SSSR count). The molecule has 5 nitrogen and oxygen atoms in total. The second-order valence-corrected chi connectivity index (χ2v) is 5.06. The first-order valence-electron chi connectivity index (χ1n) is 6.51. The van der Waals surface area contributed by atoms with E-state index in [0.717, 1.165) is 12.8 Å². The van der Waals surface area contributed by atoms with Crippen LogP contribution in [0.4, 0.5) is 5.95 Å². The largest absolute Gasteiger partial charge is 0.330 e. The summed E-state index contributed by atoms with van der Waals surface area (Å²) in [6.45, 7) is 0.579. The van der Waals surface area contributed by atoms with Gasteiger partial charge in [-0.2, -0.15) is 0 Å². The summed E-state index contributed by atoms with van der Waals surface area (Å²) >= 11 is 0. The van der Waals surface area contributed by atoms with Crippen LogP contribution in [0.5, 0.6) is 0 Å². The summed E-state index contributed by atoms with van der Waals surface area (Å²) in [5.74, 6) is 0.332. The Labute approximate surface area is 107 Å². The Morgan fingerprint density at radius 1 is 1.28 bits per heavy atom. The maximum Gasteiger partial charge on any atom is 0.229 e. The fourth-order valence-corrected chi connectivity index (χ4v) is 2.63. The molecule has 1 fully saturated rings. The fraction of sp³-hybridized carbons (Fsp3) is 0.615. The average molecular weight is 248 g/mol. The van der Waals surface area contributed by atoms with Gasteiger partial charge in [0.05, 0.1) is 0 Å². The van der Waals surface area contributed by atoms with Gasteiger partial charge in [-0.1, -0.05) is 19.3 Å². The maximum atomic E-state index is 12.0. The summed E-state index contributed by atoms with van der Waals surface area (Å²) in [5.41, 5.74) is 5.85. The van der Waals surface area contributed by atoms with Crippen LogP contribution >= 0.6 is 0 Å². The summed E-state index contributed by atoms with van der Waals surface area (Å²) in [7, 11) is 0. The smallest absolute Gasteiger partial charge is 0.229 e. The van der Waals surface area contributed by atoms with Crippen LogP contribution in [0.15, 0.2) is 18.5 Å². The van der Waals surface area contributed by atoms with Crippen molar-refractivity contribution in [2.75, 3.05) is 11.9 Å². The van der Waals surface area contributed by atoms with Crippen LogP contribution in [-0.4, -0.2) is 22.4 Å². The van der Waals surface area contributed by atoms with Crippen molar-refractivity contribution in [1.29, 1.82) is 0 Å². The molecule has 1 saturated carbocycles. The third-order valence-corrected chi connectivity index (χ3v) is 3.70. The van der Waals surface area contributed by atoms with Crippen molar-refractivity contribution in [1.82, 2.24) is 9.97 Å². The molecule has 0 aliphatic heterocycles. The van der Waals surface area contributed by atoms with Crippen LogP contribution in [0.1, 0.15) is 38.5 Å². The highest BCUT2D eigenvalue weighted by molar-refractivity contribution is 5.89. The molecule has 5 heteroatoms. The minimum absolute atomic E-state index is 0.0168. The normalized spacial score (nSPS) is 18.3. The fourth-order valence-electron chi connectivity index (χ4n) is 2.63. The number of hydrogen-bond acceptors (Lipinski definition) is 4. The first-order chi connectivity index (χ1) is 8.74. The van der Waals surface area contributed by atoms with E-state index in [4.69, 9.17) is 5.73 Å². The molecule has 18 heavy (non-hydrogen) atoms. The minimum atomic E-state index is -0.0337. The molecule has 98 valence electrons. The highest BCUT2D eigenvalue weighted by Crippen LogP contribution is 2.38. The van der Waals surface area contributed by atoms with Crippen LogP contribution in [0, 0.1) is 5.41 Å². The third kappa shape index (κ3) is 3.26. The van der Waals surface area contributed by atoms with E-state index in [9.17, 15) is 4.79 Å². The summed E-state index contributed by atoms with van der Waals surface area (Å²) in [6, 6.07) is 1.72. The quantitative estimate of drug-likeness (QED) is 0.850. The monoisotopic (exact) mass is 248 g/mol. The van der Waals surface area contributed by atoms with E-state index < -0.39 is 0 Å². The van der Waals surface area contributed by atoms with E-state index in [1.54, 1.807) is 18.5 Å². The van der Waals surface area contributed by atoms with Crippen LogP contribution in [-0.2, 0) is 4.79 Å². The standard InChI is InChI=1S/C13H20N4O/c14-10-13(5-2-1-3-6-13)9-11(18)17-12-15-7-4-8-16-12/h4,7-8H,1-3,5-6,9-10,14H2,(H,15,16,17,18). The van der Waals surface area contributed by atoms with Gasteiger partial charge in [0.1, 0.15) is 0 Å². The van der Waals surface area contributed by atoms with Crippen LogP contribution in [0.2, 0.25) is 0 Å². The van der Waals surface area contributed by atoms with Gasteiger partial charge in [-0.25, -0.2) is 9.97 Å². The number of nitrogens with one attached hydrogen (secondary N) is 1. The molecule has 3 N–H and O–H groups in total. The topological polar surface area (TPSA) is 80.9 Å². The van der Waals surface area contributed by atoms with Crippen molar-refractivity contribution >= 4 is 11.9 Å². The van der Waals surface area contributed by atoms with Gasteiger partial charge in [0.25, 0.3) is 0 Å². The number of nitrogens with two attached hydrogens (primary N) is 1. The molecular weight excluding hydrogens is 228 g/mol. The molecule has 0 unspecified atom stereocenters. The molecule has 1 amide bonds. The Balaban J connectivity index is 1.93. The molecule has 1 aromatic rings. The second kappa shape index (κ2) is 5.91. The number of rotatable bonds is 4. The first-order valence-corrected chi connectivity index (χ1v) is 6.51. The molecular formula is C13H20N4O. The number of carbonyl (C=O) groups excluding carboxylic acids is 1. The Morgan fingerprint density at radius 3 is 2.56 bits per heavy atom. The van der Waals surface area contributed by atoms with Crippen LogP contribution < -0.4 is 11.1 Å². The van der Waals surface area contributed by atoms with Crippen molar-refractivity contribution in [2.45, 2.75) is 38.5 Å². The van der Waals surface area contributed by atoms with E-state index in [1.807, 2.05) is 0 Å². The molecule has 1 aliphatic carbocycles. The molecule has 0 atom stereocenters. The highest BCUT2D eigenvalue weighted by Gasteiger charge is 2.33. The van der Waals surface area contributed by atoms with E-state index in [-0.39, 0.29) is 11.3 Å². The van der Waals surface area contributed by atoms with Gasteiger partial charge >= 0.3 is 0 Å². The van der Waals surface area contributed by atoms with Crippen molar-refractivity contribution in [3.63, 3.8) is 0 Å². The van der Waals surface area contributed by atoms with Crippen LogP contribution in [0.3, 0.4) is 0 Å². The Hall–Kier alpha value is -1.49. The number of aromatic nitrogens is 2. The zero-order valence-corrected chi connectivity index (χ0v) is 10.6. The predicted molar refractivity (Wildman–Crippen MR) is 69.9 cm³/mol. The van der Waals surface area contributed by atoms with Crippen molar-refractivity contribution in [2.24, 2.45) is 11.1 Å². The van der Waals surface area contributed by atoms with Crippen molar-refractivity contribution < 1.29 is 4.79 Å². The van der Waals surface area contributed by atoms with Gasteiger partial charge in [-0.15, -0.1) is 0 Å². The van der Waals surface area contributed by atoms with Gasteiger partial charge in [0.2, 0.25) is 11.9 Å². The highest BCUT2D eigenvalue weighted by atomic mass is 16.1. The maximum absolute atomic E-state index is 12.0. The molecule has 0 saturated heterocycles. The van der Waals surface area contributed by atoms with Gasteiger partial charge in [0.15, 0.2) is 0 Å². The Bertz CT molecular complexity index is 387. The second-order valence-electron chi connectivity index (χ2n) is 5.06. The number of amides is 1. The van der Waals surface area contributed by atoms with E-state index >= 15 is 0 Å². The SMILES string of the molecule is NCC1(CC(=O)Nc2ncccn2)CCCCC1. The summed E-state index contributed by atoms with van der Waals surface area (Å²) in [5, 5.41) is 2.73. The van der Waals surface area contributed by atoms with Crippen LogP contribution in [0.25, 0.3) is 0 Å². The zero-order valence-electron chi connectivity index (χ0n) is 10.6. The molecule has 0 radical (unpaired) electrons. The van der Waals surface area contributed by atoms with Gasteiger partial charge in [0, 0.05) is 18.8 Å². The summed E-state index contributed by atoms with van der Waals surface area (Å²) < 4.78 is 0. The number of carbonyl (C=O) groups is 1. The van der Waals surface area contributed by atoms with Gasteiger partial charge in [-0.05, 0) is 30.9 Å². The average Bonchev–Trinajstić information content (AvgIpc) is 2.41. The number of nitrogens with zero attached hydrogens (tertiary/aromatic N) is 2. The molecule has 0 aromatic carbocycles. The van der Waals surface area contributed by atoms with E-state index in [0.29, 0.717) is 18.9 Å². The summed E-state index contributed by atoms with van der Waals surface area (Å²) in [4.78, 5) is 20.0. The molecule has 1 aliphatic rings. The van der Waals surface area contributed by atoms with E-state index in [1.165, 1.54) is 19.3 Å². The summed E-state index contributed by atoms with van der Waals surface area (Å²) in [6.07, 6.45) is 9.40. The molecule has 0 bridgehead atoms. The first kappa shape index (κ1) is 13.0. The molecule has 1 heterocycles.